The van der Waals surface area contributed by atoms with Gasteiger partial charge in [-0.2, -0.15) is 0 Å². The molecule has 0 aliphatic carbocycles. The highest BCUT2D eigenvalue weighted by Crippen LogP contribution is 2.03. The summed E-state index contributed by atoms with van der Waals surface area (Å²) in [6.07, 6.45) is 2.23. The Bertz CT molecular complexity index is 196. The first kappa shape index (κ1) is 12.8. The summed E-state index contributed by atoms with van der Waals surface area (Å²) in [6.45, 7) is 11.7. The Kier molecular flexibility index (Phi) is 7.10. The number of hydrogen-bond donors (Lipinski definition) is 1. The van der Waals surface area contributed by atoms with Gasteiger partial charge in [-0.15, -0.1) is 0 Å². The largest absolute Gasteiger partial charge is 0.260 e. The van der Waals surface area contributed by atoms with Crippen molar-refractivity contribution < 1.29 is 0 Å². The molecule has 0 bridgehead atoms. The summed E-state index contributed by atoms with van der Waals surface area (Å²) in [5.74, 6) is 1.05. The molecule has 2 heteroatoms. The van der Waals surface area contributed by atoms with Gasteiger partial charge in [-0.05, 0) is 34.6 Å². The first-order valence-electron chi connectivity index (χ1n) is 4.65. The third-order valence-electron chi connectivity index (χ3n) is 1.87. The molecule has 0 aliphatic heterocycles. The van der Waals surface area contributed by atoms with Gasteiger partial charge in [0.1, 0.15) is 0 Å². The Labute approximate surface area is 86.8 Å². The van der Waals surface area contributed by atoms with Gasteiger partial charge in [-0.3, -0.25) is 4.72 Å². The van der Waals surface area contributed by atoms with Crippen LogP contribution in [0.15, 0.2) is 22.8 Å². The van der Waals surface area contributed by atoms with Crippen LogP contribution in [0, 0.1) is 0 Å². The van der Waals surface area contributed by atoms with Crippen LogP contribution >= 0.6 is 11.9 Å². The second-order valence-corrected chi connectivity index (χ2v) is 4.60. The van der Waals surface area contributed by atoms with Crippen molar-refractivity contribution in [2.45, 2.75) is 34.6 Å². The van der Waals surface area contributed by atoms with Crippen molar-refractivity contribution in [2.75, 3.05) is 12.3 Å². The van der Waals surface area contributed by atoms with Crippen molar-refractivity contribution in [3.05, 3.63) is 22.8 Å². The van der Waals surface area contributed by atoms with Crippen LogP contribution in [0.5, 0.6) is 0 Å². The molecule has 0 aromatic heterocycles. The van der Waals surface area contributed by atoms with Gasteiger partial charge in [-0.1, -0.05) is 34.7 Å². The van der Waals surface area contributed by atoms with E-state index in [-0.39, 0.29) is 0 Å². The molecular weight excluding hydrogens is 178 g/mol. The molecule has 0 amide bonds. The van der Waals surface area contributed by atoms with Crippen LogP contribution in [0.3, 0.4) is 0 Å². The van der Waals surface area contributed by atoms with Gasteiger partial charge in [0.15, 0.2) is 0 Å². The molecule has 0 heterocycles. The van der Waals surface area contributed by atoms with Crippen molar-refractivity contribution in [3.8, 4) is 0 Å². The van der Waals surface area contributed by atoms with Crippen molar-refractivity contribution in [1.82, 2.24) is 4.72 Å². The highest BCUT2D eigenvalue weighted by Gasteiger charge is 1.91. The molecule has 1 nitrogen and oxygen atoms in total. The fraction of sp³-hybridized carbons (Fsp3) is 0.636. The molecule has 0 aromatic carbocycles. The lowest BCUT2D eigenvalue weighted by Gasteiger charge is -2.04. The lowest BCUT2D eigenvalue weighted by Crippen LogP contribution is -2.08. The van der Waals surface area contributed by atoms with Crippen LogP contribution in [-0.2, 0) is 0 Å². The van der Waals surface area contributed by atoms with Crippen molar-refractivity contribution in [2.24, 2.45) is 0 Å². The van der Waals surface area contributed by atoms with Gasteiger partial charge < -0.3 is 0 Å². The summed E-state index contributed by atoms with van der Waals surface area (Å²) in [7, 11) is 0. The first-order valence-corrected chi connectivity index (χ1v) is 5.63. The molecule has 1 N–H and O–H groups in total. The predicted octanol–water partition coefficient (Wildman–Crippen LogP) is 3.55. The number of nitrogens with one attached hydrogen (secondary N) is 1. The van der Waals surface area contributed by atoms with Gasteiger partial charge in [0, 0.05) is 12.3 Å². The normalized spacial score (nSPS) is 9.62. The van der Waals surface area contributed by atoms with Crippen LogP contribution in [0.4, 0.5) is 0 Å². The highest BCUT2D eigenvalue weighted by molar-refractivity contribution is 7.97. The standard InChI is InChI=1S/C11H21NS/c1-9(2)6-7-13-12-8-11(5)10(3)4/h6,12H,7-8H2,1-5H3. The molecule has 76 valence electrons. The fourth-order valence-electron chi connectivity index (χ4n) is 0.603. The smallest absolute Gasteiger partial charge is 0.0268 e. The second kappa shape index (κ2) is 7.22. The summed E-state index contributed by atoms with van der Waals surface area (Å²) < 4.78 is 3.34. The van der Waals surface area contributed by atoms with Crippen molar-refractivity contribution in [1.29, 1.82) is 0 Å². The van der Waals surface area contributed by atoms with Gasteiger partial charge in [-0.25, -0.2) is 0 Å². The number of allylic oxidation sites excluding steroid dienone is 2. The maximum atomic E-state index is 3.34. The van der Waals surface area contributed by atoms with E-state index < -0.39 is 0 Å². The van der Waals surface area contributed by atoms with Crippen LogP contribution in [-0.4, -0.2) is 12.3 Å². The second-order valence-electron chi connectivity index (χ2n) is 3.69. The third-order valence-corrected chi connectivity index (χ3v) is 2.55. The van der Waals surface area contributed by atoms with E-state index in [0.29, 0.717) is 0 Å². The van der Waals surface area contributed by atoms with Gasteiger partial charge in [0.05, 0.1) is 0 Å². The zero-order valence-electron chi connectivity index (χ0n) is 9.40. The van der Waals surface area contributed by atoms with E-state index in [1.165, 1.54) is 16.7 Å². The minimum absolute atomic E-state index is 0.990. The van der Waals surface area contributed by atoms with E-state index in [2.05, 4.69) is 45.4 Å². The molecule has 0 radical (unpaired) electrons. The lowest BCUT2D eigenvalue weighted by atomic mass is 10.2. The van der Waals surface area contributed by atoms with Gasteiger partial charge in [0.25, 0.3) is 0 Å². The Hall–Kier alpha value is -0.210. The average molecular weight is 199 g/mol. The maximum absolute atomic E-state index is 3.34. The summed E-state index contributed by atoms with van der Waals surface area (Å²) in [5.41, 5.74) is 4.23. The molecule has 0 saturated heterocycles. The van der Waals surface area contributed by atoms with Crippen LogP contribution in [0.1, 0.15) is 34.6 Å². The Morgan fingerprint density at radius 3 is 2.23 bits per heavy atom. The molecule has 13 heavy (non-hydrogen) atoms. The Morgan fingerprint density at radius 2 is 1.77 bits per heavy atom. The minimum atomic E-state index is 0.990. The predicted molar refractivity (Wildman–Crippen MR) is 63.9 cm³/mol. The van der Waals surface area contributed by atoms with Gasteiger partial charge >= 0.3 is 0 Å². The lowest BCUT2D eigenvalue weighted by molar-refractivity contribution is 1.02. The van der Waals surface area contributed by atoms with Crippen LogP contribution in [0.25, 0.3) is 0 Å². The SMILES string of the molecule is CC(C)=CCSNCC(C)=C(C)C. The maximum Gasteiger partial charge on any atom is 0.0268 e. The topological polar surface area (TPSA) is 12.0 Å². The molecule has 0 fully saturated rings. The van der Waals surface area contributed by atoms with E-state index >= 15 is 0 Å². The molecule has 0 saturated carbocycles. The summed E-state index contributed by atoms with van der Waals surface area (Å²) in [5, 5.41) is 0. The molecule has 0 aromatic rings. The van der Waals surface area contributed by atoms with Gasteiger partial charge in [0.2, 0.25) is 0 Å². The van der Waals surface area contributed by atoms with E-state index in [1.807, 2.05) is 0 Å². The van der Waals surface area contributed by atoms with E-state index in [0.717, 1.165) is 12.3 Å². The van der Waals surface area contributed by atoms with Crippen LogP contribution < -0.4 is 4.72 Å². The zero-order valence-corrected chi connectivity index (χ0v) is 10.2. The molecule has 0 atom stereocenters. The third kappa shape index (κ3) is 8.13. The molecule has 0 aliphatic rings. The van der Waals surface area contributed by atoms with Crippen molar-refractivity contribution in [3.63, 3.8) is 0 Å². The fourth-order valence-corrected chi connectivity index (χ4v) is 1.46. The molecular formula is C11H21NS. The Balaban J connectivity index is 3.48. The average Bonchev–Trinajstić information content (AvgIpc) is 2.02. The monoisotopic (exact) mass is 199 g/mol. The molecule has 0 spiro atoms. The van der Waals surface area contributed by atoms with E-state index in [4.69, 9.17) is 0 Å². The van der Waals surface area contributed by atoms with Crippen LogP contribution in [0.2, 0.25) is 0 Å². The Morgan fingerprint density at radius 1 is 1.15 bits per heavy atom. The highest BCUT2D eigenvalue weighted by atomic mass is 32.2. The van der Waals surface area contributed by atoms with E-state index in [9.17, 15) is 0 Å². The quantitative estimate of drug-likeness (QED) is 0.413. The molecule has 0 unspecified atom stereocenters. The number of hydrogen-bond acceptors (Lipinski definition) is 2. The number of rotatable bonds is 5. The first-order chi connectivity index (χ1) is 6.04. The summed E-state index contributed by atoms with van der Waals surface area (Å²) >= 11 is 1.77. The zero-order chi connectivity index (χ0) is 10.3. The summed E-state index contributed by atoms with van der Waals surface area (Å²) in [4.78, 5) is 0. The van der Waals surface area contributed by atoms with E-state index in [1.54, 1.807) is 11.9 Å². The summed E-state index contributed by atoms with van der Waals surface area (Å²) in [6, 6.07) is 0. The van der Waals surface area contributed by atoms with Crippen molar-refractivity contribution >= 4 is 11.9 Å². The minimum Gasteiger partial charge on any atom is -0.260 e. The molecule has 0 rings (SSSR count).